The number of amides is 4. The standard InChI is InChI=1S/C32H50N4O7.CH4/c1-6-28(38)16-18-34-30(40)22-26-12-14-27(15-13-26)36(5)32(42)23-31(41)35(4)19-21-43-20-9-11-29(39)33-17-8-7-10-24(2)25(3)37;/h12-15,24H,6-11,16-23H2,1-5H3,(H,33,39)(H,34,40);1H4. The van der Waals surface area contributed by atoms with Crippen LogP contribution in [0.4, 0.5) is 5.69 Å². The first-order chi connectivity index (χ1) is 20.4. The van der Waals surface area contributed by atoms with E-state index < -0.39 is 0 Å². The molecule has 11 heteroatoms. The zero-order valence-corrected chi connectivity index (χ0v) is 26.5. The van der Waals surface area contributed by atoms with Crippen molar-refractivity contribution in [2.24, 2.45) is 5.92 Å². The zero-order valence-electron chi connectivity index (χ0n) is 26.5. The molecular weight excluding hydrogens is 564 g/mol. The van der Waals surface area contributed by atoms with Gasteiger partial charge in [0.1, 0.15) is 18.0 Å². The predicted octanol–water partition coefficient (Wildman–Crippen LogP) is 3.47. The second-order valence-corrected chi connectivity index (χ2v) is 10.9. The smallest absolute Gasteiger partial charge is 0.236 e. The van der Waals surface area contributed by atoms with Crippen molar-refractivity contribution >= 4 is 40.9 Å². The molecule has 1 aromatic rings. The summed E-state index contributed by atoms with van der Waals surface area (Å²) in [5, 5.41) is 5.61. The minimum Gasteiger partial charge on any atom is -0.380 e. The summed E-state index contributed by atoms with van der Waals surface area (Å²) in [5.41, 5.74) is 1.38. The van der Waals surface area contributed by atoms with E-state index in [-0.39, 0.29) is 61.4 Å². The Balaban J connectivity index is 0.0000185. The number of anilines is 1. The molecule has 0 bridgehead atoms. The molecule has 0 fully saturated rings. The molecule has 0 spiro atoms. The van der Waals surface area contributed by atoms with Gasteiger partial charge in [-0.25, -0.2) is 0 Å². The minimum absolute atomic E-state index is 0. The summed E-state index contributed by atoms with van der Waals surface area (Å²) >= 11 is 0. The second-order valence-electron chi connectivity index (χ2n) is 10.9. The summed E-state index contributed by atoms with van der Waals surface area (Å²) in [6.45, 7) is 7.24. The summed E-state index contributed by atoms with van der Waals surface area (Å²) in [6, 6.07) is 6.95. The highest BCUT2D eigenvalue weighted by atomic mass is 16.5. The lowest BCUT2D eigenvalue weighted by Crippen LogP contribution is -2.36. The average Bonchev–Trinajstić information content (AvgIpc) is 2.98. The summed E-state index contributed by atoms with van der Waals surface area (Å²) in [4.78, 5) is 74.6. The van der Waals surface area contributed by atoms with Crippen molar-refractivity contribution in [2.45, 2.75) is 86.0 Å². The maximum atomic E-state index is 12.7. The first-order valence-electron chi connectivity index (χ1n) is 15.2. The number of carbonyl (C=O) groups excluding carboxylic acids is 6. The topological polar surface area (TPSA) is 142 Å². The number of Topliss-reactive ketones (excluding diaryl/α,β-unsaturated/α-hetero) is 2. The Hall–Kier alpha value is -3.60. The van der Waals surface area contributed by atoms with Crippen LogP contribution in [0.3, 0.4) is 0 Å². The van der Waals surface area contributed by atoms with Crippen LogP contribution in [-0.4, -0.2) is 87.0 Å². The number of ether oxygens (including phenoxy) is 1. The Labute approximate surface area is 263 Å². The molecule has 2 N–H and O–H groups in total. The number of likely N-dealkylation sites (N-methyl/N-ethyl adjacent to an activating group) is 1. The molecule has 0 radical (unpaired) electrons. The summed E-state index contributed by atoms with van der Waals surface area (Å²) in [6.07, 6.45) is 4.15. The lowest BCUT2D eigenvalue weighted by Gasteiger charge is -2.21. The highest BCUT2D eigenvalue weighted by molar-refractivity contribution is 6.04. The van der Waals surface area contributed by atoms with Crippen LogP contribution >= 0.6 is 0 Å². The minimum atomic E-state index is -0.358. The molecule has 0 aromatic heterocycles. The molecule has 11 nitrogen and oxygen atoms in total. The van der Waals surface area contributed by atoms with E-state index in [1.54, 1.807) is 52.2 Å². The van der Waals surface area contributed by atoms with Crippen molar-refractivity contribution in [1.82, 2.24) is 15.5 Å². The Kier molecular flexibility index (Phi) is 21.0. The molecule has 0 aliphatic carbocycles. The number of nitrogens with one attached hydrogen (secondary N) is 2. The maximum Gasteiger partial charge on any atom is 0.236 e. The van der Waals surface area contributed by atoms with Crippen molar-refractivity contribution in [3.63, 3.8) is 0 Å². The van der Waals surface area contributed by atoms with E-state index in [0.717, 1.165) is 24.8 Å². The molecule has 0 saturated carbocycles. The van der Waals surface area contributed by atoms with Gasteiger partial charge in [0.05, 0.1) is 13.0 Å². The van der Waals surface area contributed by atoms with Gasteiger partial charge in [0.25, 0.3) is 0 Å². The quantitative estimate of drug-likeness (QED) is 0.150. The number of ketones is 2. The van der Waals surface area contributed by atoms with Gasteiger partial charge in [-0.2, -0.15) is 0 Å². The number of rotatable bonds is 22. The number of carbonyl (C=O) groups is 6. The van der Waals surface area contributed by atoms with E-state index in [1.165, 1.54) is 9.80 Å². The first-order valence-corrected chi connectivity index (χ1v) is 15.2. The molecule has 0 aliphatic heterocycles. The van der Waals surface area contributed by atoms with Crippen LogP contribution in [0.15, 0.2) is 24.3 Å². The van der Waals surface area contributed by atoms with Gasteiger partial charge < -0.3 is 25.2 Å². The maximum absolute atomic E-state index is 12.7. The molecule has 0 aliphatic rings. The number of unbranched alkanes of at least 4 members (excludes halogenated alkanes) is 1. The fourth-order valence-corrected chi connectivity index (χ4v) is 3.99. The van der Waals surface area contributed by atoms with Crippen LogP contribution in [-0.2, 0) is 39.9 Å². The van der Waals surface area contributed by atoms with Crippen molar-refractivity contribution in [2.75, 3.05) is 51.8 Å². The lowest BCUT2D eigenvalue weighted by atomic mass is 10.0. The Morgan fingerprint density at radius 3 is 2.14 bits per heavy atom. The van der Waals surface area contributed by atoms with E-state index in [2.05, 4.69) is 10.6 Å². The monoisotopic (exact) mass is 618 g/mol. The molecular formula is C33H54N4O7. The van der Waals surface area contributed by atoms with Gasteiger partial charge in [-0.3, -0.25) is 28.8 Å². The molecule has 1 atom stereocenters. The average molecular weight is 619 g/mol. The summed E-state index contributed by atoms with van der Waals surface area (Å²) in [7, 11) is 3.21. The summed E-state index contributed by atoms with van der Waals surface area (Å²) in [5.74, 6) is -0.533. The van der Waals surface area contributed by atoms with Gasteiger partial charge in [0, 0.05) is 71.2 Å². The first kappa shape index (κ1) is 40.4. The molecule has 4 amide bonds. The van der Waals surface area contributed by atoms with Crippen molar-refractivity contribution in [3.05, 3.63) is 29.8 Å². The highest BCUT2D eigenvalue weighted by Gasteiger charge is 2.18. The van der Waals surface area contributed by atoms with E-state index in [4.69, 9.17) is 4.74 Å². The van der Waals surface area contributed by atoms with E-state index in [0.29, 0.717) is 64.2 Å². The third-order valence-corrected chi connectivity index (χ3v) is 7.25. The van der Waals surface area contributed by atoms with Crippen molar-refractivity contribution in [1.29, 1.82) is 0 Å². The largest absolute Gasteiger partial charge is 0.380 e. The Morgan fingerprint density at radius 1 is 0.841 bits per heavy atom. The van der Waals surface area contributed by atoms with Crippen LogP contribution in [0.5, 0.6) is 0 Å². The van der Waals surface area contributed by atoms with Crippen molar-refractivity contribution < 1.29 is 33.5 Å². The van der Waals surface area contributed by atoms with E-state index in [9.17, 15) is 28.8 Å². The Morgan fingerprint density at radius 2 is 1.50 bits per heavy atom. The fraction of sp³-hybridized carbons (Fsp3) is 0.636. The molecule has 0 saturated heterocycles. The molecule has 44 heavy (non-hydrogen) atoms. The van der Waals surface area contributed by atoms with Gasteiger partial charge in [-0.05, 0) is 43.9 Å². The molecule has 1 rings (SSSR count). The molecule has 1 aromatic carbocycles. The summed E-state index contributed by atoms with van der Waals surface area (Å²) < 4.78 is 5.55. The predicted molar refractivity (Wildman–Crippen MR) is 172 cm³/mol. The molecule has 248 valence electrons. The molecule has 0 heterocycles. The third kappa shape index (κ3) is 17.5. The number of nitrogens with zero attached hydrogens (tertiary/aromatic N) is 2. The lowest BCUT2D eigenvalue weighted by molar-refractivity contribution is -0.135. The zero-order chi connectivity index (χ0) is 32.2. The van der Waals surface area contributed by atoms with Gasteiger partial charge in [0.2, 0.25) is 23.6 Å². The van der Waals surface area contributed by atoms with Crippen LogP contribution in [0.25, 0.3) is 0 Å². The van der Waals surface area contributed by atoms with Gasteiger partial charge in [-0.1, -0.05) is 39.8 Å². The number of hydrogen-bond donors (Lipinski definition) is 2. The fourth-order valence-electron chi connectivity index (χ4n) is 3.99. The van der Waals surface area contributed by atoms with Crippen LogP contribution in [0.2, 0.25) is 0 Å². The van der Waals surface area contributed by atoms with Gasteiger partial charge >= 0.3 is 0 Å². The normalized spacial score (nSPS) is 11.1. The van der Waals surface area contributed by atoms with E-state index >= 15 is 0 Å². The SMILES string of the molecule is C.CCC(=O)CCNC(=O)Cc1ccc(N(C)C(=O)CC(=O)N(C)CCOCCCC(=O)NCCCCC(C)C(C)=O)cc1. The number of hydrogen-bond acceptors (Lipinski definition) is 7. The number of benzene rings is 1. The van der Waals surface area contributed by atoms with Gasteiger partial charge in [-0.15, -0.1) is 0 Å². The van der Waals surface area contributed by atoms with Gasteiger partial charge in [0.15, 0.2) is 0 Å². The van der Waals surface area contributed by atoms with E-state index in [1.807, 2.05) is 6.92 Å². The van der Waals surface area contributed by atoms with Crippen molar-refractivity contribution in [3.8, 4) is 0 Å². The van der Waals surface area contributed by atoms with Crippen LogP contribution in [0, 0.1) is 5.92 Å². The highest BCUT2D eigenvalue weighted by Crippen LogP contribution is 2.16. The third-order valence-electron chi connectivity index (χ3n) is 7.25. The Bertz CT molecular complexity index is 1060. The molecule has 1 unspecified atom stereocenters. The van der Waals surface area contributed by atoms with Crippen LogP contribution in [0.1, 0.15) is 85.1 Å². The second kappa shape index (κ2) is 22.9. The van der Waals surface area contributed by atoms with Crippen LogP contribution < -0.4 is 15.5 Å².